The maximum Gasteiger partial charge on any atom is 0.230 e. The van der Waals surface area contributed by atoms with Gasteiger partial charge in [0.1, 0.15) is 0 Å². The topological polar surface area (TPSA) is 42.6 Å². The van der Waals surface area contributed by atoms with E-state index in [1.54, 1.807) is 0 Å². The lowest BCUT2D eigenvalue weighted by Gasteiger charge is -2.43. The highest BCUT2D eigenvalue weighted by atomic mass is 16.2. The molecule has 3 aromatic rings. The summed E-state index contributed by atoms with van der Waals surface area (Å²) >= 11 is 0. The molecule has 184 valence electrons. The van der Waals surface area contributed by atoms with Crippen molar-refractivity contribution in [3.8, 4) is 0 Å². The van der Waals surface area contributed by atoms with Crippen LogP contribution in [-0.4, -0.2) is 54.6 Å². The van der Waals surface area contributed by atoms with Gasteiger partial charge in [-0.1, -0.05) is 49.9 Å². The third-order valence-electron chi connectivity index (χ3n) is 8.56. The Bertz CT molecular complexity index is 1150. The van der Waals surface area contributed by atoms with Gasteiger partial charge in [0.2, 0.25) is 5.91 Å². The molecule has 1 aliphatic carbocycles. The van der Waals surface area contributed by atoms with Gasteiger partial charge in [-0.05, 0) is 55.5 Å². The first-order chi connectivity index (χ1) is 17.3. The Morgan fingerprint density at radius 2 is 1.60 bits per heavy atom. The molecular formula is C30H38N4O. The number of anilines is 2. The van der Waals surface area contributed by atoms with Gasteiger partial charge in [0.05, 0.1) is 0 Å². The van der Waals surface area contributed by atoms with Gasteiger partial charge in [-0.3, -0.25) is 9.69 Å². The highest BCUT2D eigenvalue weighted by Gasteiger charge is 2.36. The Balaban J connectivity index is 1.17. The van der Waals surface area contributed by atoms with Crippen LogP contribution in [0.4, 0.5) is 11.4 Å². The predicted molar refractivity (Wildman–Crippen MR) is 144 cm³/mol. The van der Waals surface area contributed by atoms with E-state index in [-0.39, 0.29) is 12.0 Å². The van der Waals surface area contributed by atoms with Crippen molar-refractivity contribution in [2.45, 2.75) is 57.4 Å². The highest BCUT2D eigenvalue weighted by Crippen LogP contribution is 2.35. The van der Waals surface area contributed by atoms with Gasteiger partial charge in [0.15, 0.2) is 0 Å². The Morgan fingerprint density at radius 3 is 2.43 bits per heavy atom. The fourth-order valence-corrected chi connectivity index (χ4v) is 6.61. The minimum Gasteiger partial charge on any atom is -0.368 e. The highest BCUT2D eigenvalue weighted by molar-refractivity contribution is 5.97. The van der Waals surface area contributed by atoms with Crippen molar-refractivity contribution in [2.24, 2.45) is 5.92 Å². The molecule has 0 spiro atoms. The Hall–Kier alpha value is -2.79. The van der Waals surface area contributed by atoms with Crippen LogP contribution in [0.3, 0.4) is 0 Å². The zero-order valence-electron chi connectivity index (χ0n) is 20.8. The number of piperazine rings is 1. The fraction of sp³-hybridized carbons (Fsp3) is 0.500. The number of nitrogens with zero attached hydrogens (tertiary/aromatic N) is 3. The molecule has 2 fully saturated rings. The molecular weight excluding hydrogens is 432 g/mol. The summed E-state index contributed by atoms with van der Waals surface area (Å²) < 4.78 is 0. The molecule has 1 unspecified atom stereocenters. The van der Waals surface area contributed by atoms with E-state index >= 15 is 0 Å². The molecule has 1 atom stereocenters. The second-order valence-corrected chi connectivity index (χ2v) is 10.7. The van der Waals surface area contributed by atoms with E-state index in [1.165, 1.54) is 53.5 Å². The molecule has 0 bridgehead atoms. The summed E-state index contributed by atoms with van der Waals surface area (Å²) in [7, 11) is 0. The number of carbonyl (C=O) groups is 1. The minimum atomic E-state index is 0.199. The van der Waals surface area contributed by atoms with Crippen molar-refractivity contribution >= 4 is 28.2 Å². The summed E-state index contributed by atoms with van der Waals surface area (Å²) in [5, 5.41) is 1.31. The van der Waals surface area contributed by atoms with E-state index in [0.717, 1.165) is 58.4 Å². The standard InChI is InChI=1S/C30H38N4O/c35-30(24-9-3-1-2-4-10-24)34-25(15-14-23-8-5-6-12-28(23)34)22-32-18-20-33(21-19-32)29-13-7-11-27-26(29)16-17-31-27/h5-8,11-13,16-17,24-25,31H,1-4,9-10,14-15,18-22H2. The van der Waals surface area contributed by atoms with Crippen molar-refractivity contribution in [3.63, 3.8) is 0 Å². The van der Waals surface area contributed by atoms with Crippen LogP contribution in [0.1, 0.15) is 50.5 Å². The van der Waals surface area contributed by atoms with E-state index in [2.05, 4.69) is 68.2 Å². The number of nitrogens with one attached hydrogen (secondary N) is 1. The lowest BCUT2D eigenvalue weighted by Crippen LogP contribution is -2.55. The summed E-state index contributed by atoms with van der Waals surface area (Å²) in [5.41, 5.74) is 5.06. The van der Waals surface area contributed by atoms with Crippen molar-refractivity contribution < 1.29 is 4.79 Å². The summed E-state index contributed by atoms with van der Waals surface area (Å²) in [5.74, 6) is 0.590. The van der Waals surface area contributed by atoms with E-state index < -0.39 is 0 Å². The van der Waals surface area contributed by atoms with Crippen LogP contribution in [0.5, 0.6) is 0 Å². The van der Waals surface area contributed by atoms with Gasteiger partial charge in [-0.25, -0.2) is 0 Å². The van der Waals surface area contributed by atoms with Gasteiger partial charge in [-0.15, -0.1) is 0 Å². The quantitative estimate of drug-likeness (QED) is 0.504. The number of aromatic amines is 1. The van der Waals surface area contributed by atoms with Crippen molar-refractivity contribution in [2.75, 3.05) is 42.5 Å². The third-order valence-corrected chi connectivity index (χ3v) is 8.56. The molecule has 2 aromatic carbocycles. The van der Waals surface area contributed by atoms with E-state index in [0.29, 0.717) is 5.91 Å². The van der Waals surface area contributed by atoms with Crippen LogP contribution >= 0.6 is 0 Å². The van der Waals surface area contributed by atoms with E-state index in [9.17, 15) is 4.79 Å². The number of para-hydroxylation sites is 1. The third kappa shape index (κ3) is 4.58. The Morgan fingerprint density at radius 1 is 0.829 bits per heavy atom. The predicted octanol–water partition coefficient (Wildman–Crippen LogP) is 5.61. The molecule has 6 rings (SSSR count). The van der Waals surface area contributed by atoms with Crippen molar-refractivity contribution in [3.05, 3.63) is 60.3 Å². The van der Waals surface area contributed by atoms with Gasteiger partial charge >= 0.3 is 0 Å². The Kier molecular flexibility index (Phi) is 6.51. The van der Waals surface area contributed by atoms with Crippen LogP contribution in [0.2, 0.25) is 0 Å². The van der Waals surface area contributed by atoms with Crippen molar-refractivity contribution in [1.29, 1.82) is 0 Å². The first-order valence-electron chi connectivity index (χ1n) is 13.7. The average molecular weight is 471 g/mol. The summed E-state index contributed by atoms with van der Waals surface area (Å²) in [4.78, 5) is 24.7. The number of hydrogen-bond acceptors (Lipinski definition) is 3. The summed E-state index contributed by atoms with van der Waals surface area (Å²) in [6.45, 7) is 5.14. The average Bonchev–Trinajstić information content (AvgIpc) is 3.22. The second-order valence-electron chi connectivity index (χ2n) is 10.7. The molecule has 1 saturated heterocycles. The molecule has 1 saturated carbocycles. The number of aromatic nitrogens is 1. The minimum absolute atomic E-state index is 0.199. The van der Waals surface area contributed by atoms with Crippen LogP contribution < -0.4 is 9.80 Å². The van der Waals surface area contributed by atoms with Gasteiger partial charge in [0, 0.05) is 73.2 Å². The lowest BCUT2D eigenvalue weighted by molar-refractivity contribution is -0.123. The maximum atomic E-state index is 14.0. The molecule has 1 N–H and O–H groups in total. The SMILES string of the molecule is O=C(C1CCCCCC1)N1c2ccccc2CCC1CN1CCN(c2cccc3[nH]ccc23)CC1. The van der Waals surface area contributed by atoms with Gasteiger partial charge in [-0.2, -0.15) is 0 Å². The molecule has 1 amide bonds. The lowest BCUT2D eigenvalue weighted by atomic mass is 9.91. The van der Waals surface area contributed by atoms with E-state index in [4.69, 9.17) is 0 Å². The maximum absolute atomic E-state index is 14.0. The number of benzene rings is 2. The molecule has 2 aliphatic heterocycles. The summed E-state index contributed by atoms with van der Waals surface area (Å²) in [6, 6.07) is 17.6. The number of amides is 1. The number of rotatable bonds is 4. The number of hydrogen-bond donors (Lipinski definition) is 1. The van der Waals surface area contributed by atoms with Crippen molar-refractivity contribution in [1.82, 2.24) is 9.88 Å². The second kappa shape index (κ2) is 10.1. The largest absolute Gasteiger partial charge is 0.368 e. The molecule has 3 heterocycles. The molecule has 35 heavy (non-hydrogen) atoms. The molecule has 5 nitrogen and oxygen atoms in total. The zero-order chi connectivity index (χ0) is 23.6. The van der Waals surface area contributed by atoms with Gasteiger partial charge < -0.3 is 14.8 Å². The number of carbonyl (C=O) groups excluding carboxylic acids is 1. The molecule has 3 aliphatic rings. The number of H-pyrrole nitrogens is 1. The smallest absolute Gasteiger partial charge is 0.230 e. The first kappa shape index (κ1) is 22.7. The van der Waals surface area contributed by atoms with Crippen LogP contribution in [0.25, 0.3) is 10.9 Å². The number of fused-ring (bicyclic) bond motifs is 2. The molecule has 0 radical (unpaired) electrons. The molecule has 5 heteroatoms. The first-order valence-corrected chi connectivity index (χ1v) is 13.7. The van der Waals surface area contributed by atoms with Crippen LogP contribution in [-0.2, 0) is 11.2 Å². The van der Waals surface area contributed by atoms with Crippen LogP contribution in [0, 0.1) is 5.92 Å². The fourth-order valence-electron chi connectivity index (χ4n) is 6.61. The zero-order valence-corrected chi connectivity index (χ0v) is 20.8. The number of aryl methyl sites for hydroxylation is 1. The monoisotopic (exact) mass is 470 g/mol. The normalized spacial score (nSPS) is 22.2. The summed E-state index contributed by atoms with van der Waals surface area (Å²) in [6.07, 6.45) is 11.3. The Labute approximate surface area is 209 Å². The molecule has 1 aromatic heterocycles. The van der Waals surface area contributed by atoms with Gasteiger partial charge in [0.25, 0.3) is 0 Å². The van der Waals surface area contributed by atoms with Crippen LogP contribution in [0.15, 0.2) is 54.7 Å². The van der Waals surface area contributed by atoms with E-state index in [1.807, 2.05) is 6.20 Å².